The smallest absolute Gasteiger partial charge is 0.160 e. The third-order valence-corrected chi connectivity index (χ3v) is 11.5. The molecule has 62 heavy (non-hydrogen) atoms. The highest BCUT2D eigenvalue weighted by Crippen LogP contribution is 2.40. The minimum Gasteiger partial charge on any atom is -0.228 e. The van der Waals surface area contributed by atoms with Crippen molar-refractivity contribution < 1.29 is 0 Å². The van der Waals surface area contributed by atoms with Gasteiger partial charge in [0.05, 0.1) is 22.8 Å². The number of rotatable bonds is 9. The predicted octanol–water partition coefficient (Wildman–Crippen LogP) is 14.9. The quantitative estimate of drug-likeness (QED) is 0.146. The van der Waals surface area contributed by atoms with E-state index in [4.69, 9.17) is 19.9 Å². The van der Waals surface area contributed by atoms with Crippen molar-refractivity contribution in [2.24, 2.45) is 0 Å². The first-order valence-corrected chi connectivity index (χ1v) is 21.0. The Morgan fingerprint density at radius 3 is 0.742 bits per heavy atom. The van der Waals surface area contributed by atoms with E-state index < -0.39 is 0 Å². The van der Waals surface area contributed by atoms with Crippen LogP contribution in [-0.2, 0) is 0 Å². The molecule has 0 amide bonds. The molecule has 10 rings (SSSR count). The second-order valence-electron chi connectivity index (χ2n) is 15.4. The summed E-state index contributed by atoms with van der Waals surface area (Å²) >= 11 is 0. The summed E-state index contributed by atoms with van der Waals surface area (Å²) < 4.78 is 0. The molecule has 0 N–H and O–H groups in total. The van der Waals surface area contributed by atoms with E-state index in [0.717, 1.165) is 89.5 Å². The average molecular weight is 795 g/mol. The predicted molar refractivity (Wildman–Crippen MR) is 256 cm³/mol. The Labute approximate surface area is 363 Å². The molecule has 0 saturated carbocycles. The molecule has 0 spiro atoms. The maximum Gasteiger partial charge on any atom is 0.160 e. The van der Waals surface area contributed by atoms with E-state index in [1.54, 1.807) is 0 Å². The topological polar surface area (TPSA) is 51.6 Å². The molecule has 0 aliphatic carbocycles. The molecule has 0 aliphatic heterocycles. The molecule has 0 unspecified atom stereocenters. The number of hydrogen-bond acceptors (Lipinski definition) is 4. The van der Waals surface area contributed by atoms with Crippen LogP contribution in [0.3, 0.4) is 0 Å². The van der Waals surface area contributed by atoms with Gasteiger partial charge in [-0.15, -0.1) is 0 Å². The Bertz CT molecular complexity index is 2930. The molecular formula is C58H42N4. The van der Waals surface area contributed by atoms with E-state index >= 15 is 0 Å². The SMILES string of the molecule is Cc1c(-c2ccccc2)nc(-c2ccccc2)nc1-c1ccc(-c2ccccc2-c2ccccc2-c2ccc(-c3nc(-c4ccccc4)nc(-c4ccccc4)c3C)cc2)cc1. The number of hydrogen-bond donors (Lipinski definition) is 0. The van der Waals surface area contributed by atoms with Crippen LogP contribution in [0.5, 0.6) is 0 Å². The zero-order valence-corrected chi connectivity index (χ0v) is 34.6. The summed E-state index contributed by atoms with van der Waals surface area (Å²) in [6, 6.07) is 76.2. The van der Waals surface area contributed by atoms with Gasteiger partial charge in [-0.3, -0.25) is 0 Å². The lowest BCUT2D eigenvalue weighted by atomic mass is 9.88. The molecular weight excluding hydrogens is 753 g/mol. The summed E-state index contributed by atoms with van der Waals surface area (Å²) in [7, 11) is 0. The first-order chi connectivity index (χ1) is 30.6. The Morgan fingerprint density at radius 1 is 0.210 bits per heavy atom. The van der Waals surface area contributed by atoms with Crippen LogP contribution < -0.4 is 0 Å². The van der Waals surface area contributed by atoms with Gasteiger partial charge < -0.3 is 0 Å². The fraction of sp³-hybridized carbons (Fsp3) is 0.0345. The first kappa shape index (κ1) is 38.1. The fourth-order valence-corrected chi connectivity index (χ4v) is 8.34. The van der Waals surface area contributed by atoms with Crippen molar-refractivity contribution in [3.8, 4) is 101 Å². The number of nitrogens with zero attached hydrogens (tertiary/aromatic N) is 4. The molecule has 294 valence electrons. The standard InChI is InChI=1S/C58H42N4/c1-39-53(43-19-7-3-8-20-43)59-57(47-23-11-5-12-24-47)61-55(39)45-35-31-41(32-36-45)49-27-15-17-29-51(49)52-30-18-16-28-50(52)42-33-37-46(38-34-42)56-40(2)54(44-21-9-4-10-22-44)60-58(62-56)48-25-13-6-14-26-48/h3-38H,1-2H3. The van der Waals surface area contributed by atoms with Crippen LogP contribution in [0.2, 0.25) is 0 Å². The van der Waals surface area contributed by atoms with Crippen molar-refractivity contribution in [2.45, 2.75) is 13.8 Å². The van der Waals surface area contributed by atoms with Crippen LogP contribution in [-0.4, -0.2) is 19.9 Å². The van der Waals surface area contributed by atoms with Crippen LogP contribution in [0.1, 0.15) is 11.1 Å². The van der Waals surface area contributed by atoms with Crippen LogP contribution in [0.4, 0.5) is 0 Å². The molecule has 8 aromatic carbocycles. The summed E-state index contributed by atoms with van der Waals surface area (Å²) in [5.74, 6) is 1.43. The molecule has 0 bridgehead atoms. The number of aromatic nitrogens is 4. The van der Waals surface area contributed by atoms with E-state index in [0.29, 0.717) is 11.6 Å². The van der Waals surface area contributed by atoms with Crippen LogP contribution in [0, 0.1) is 13.8 Å². The van der Waals surface area contributed by atoms with Gasteiger partial charge in [-0.2, -0.15) is 0 Å². The zero-order chi connectivity index (χ0) is 41.8. The average Bonchev–Trinajstić information content (AvgIpc) is 3.35. The second kappa shape index (κ2) is 16.9. The zero-order valence-electron chi connectivity index (χ0n) is 34.6. The van der Waals surface area contributed by atoms with Gasteiger partial charge in [0.1, 0.15) is 0 Å². The molecule has 0 radical (unpaired) electrons. The van der Waals surface area contributed by atoms with E-state index in [2.05, 4.69) is 184 Å². The Hall–Kier alpha value is -8.08. The highest BCUT2D eigenvalue weighted by atomic mass is 14.9. The first-order valence-electron chi connectivity index (χ1n) is 21.0. The van der Waals surface area contributed by atoms with Gasteiger partial charge in [0, 0.05) is 44.5 Å². The summed E-state index contributed by atoms with van der Waals surface area (Å²) in [6.45, 7) is 4.25. The monoisotopic (exact) mass is 794 g/mol. The van der Waals surface area contributed by atoms with Gasteiger partial charge in [-0.25, -0.2) is 19.9 Å². The molecule has 4 nitrogen and oxygen atoms in total. The molecule has 0 saturated heterocycles. The lowest BCUT2D eigenvalue weighted by Crippen LogP contribution is -2.00. The van der Waals surface area contributed by atoms with E-state index in [1.165, 1.54) is 11.1 Å². The summed E-state index contributed by atoms with van der Waals surface area (Å²) in [5, 5.41) is 0. The highest BCUT2D eigenvalue weighted by molar-refractivity contribution is 5.92. The van der Waals surface area contributed by atoms with Gasteiger partial charge >= 0.3 is 0 Å². The van der Waals surface area contributed by atoms with Crippen molar-refractivity contribution in [3.63, 3.8) is 0 Å². The lowest BCUT2D eigenvalue weighted by molar-refractivity contribution is 1.15. The minimum absolute atomic E-state index is 0.713. The highest BCUT2D eigenvalue weighted by Gasteiger charge is 2.19. The lowest BCUT2D eigenvalue weighted by Gasteiger charge is -2.17. The molecule has 10 aromatic rings. The molecule has 2 aromatic heterocycles. The molecule has 4 heteroatoms. The van der Waals surface area contributed by atoms with Crippen LogP contribution >= 0.6 is 0 Å². The van der Waals surface area contributed by atoms with Gasteiger partial charge in [0.2, 0.25) is 0 Å². The fourth-order valence-electron chi connectivity index (χ4n) is 8.34. The summed E-state index contributed by atoms with van der Waals surface area (Å²) in [6.07, 6.45) is 0. The van der Waals surface area contributed by atoms with Crippen molar-refractivity contribution >= 4 is 0 Å². The summed E-state index contributed by atoms with van der Waals surface area (Å²) in [5.41, 5.74) is 19.0. The molecule has 0 fully saturated rings. The molecule has 0 aliphatic rings. The minimum atomic E-state index is 0.713. The van der Waals surface area contributed by atoms with Crippen LogP contribution in [0.25, 0.3) is 101 Å². The van der Waals surface area contributed by atoms with Gasteiger partial charge in [0.15, 0.2) is 11.6 Å². The van der Waals surface area contributed by atoms with Gasteiger partial charge in [-0.1, -0.05) is 218 Å². The molecule has 0 atom stereocenters. The van der Waals surface area contributed by atoms with Crippen molar-refractivity contribution in [1.29, 1.82) is 0 Å². The van der Waals surface area contributed by atoms with Crippen LogP contribution in [0.15, 0.2) is 218 Å². The third kappa shape index (κ3) is 7.51. The maximum atomic E-state index is 5.16. The van der Waals surface area contributed by atoms with Gasteiger partial charge in [-0.05, 0) is 47.2 Å². The Kier molecular flexibility index (Phi) is 10.4. The Balaban J connectivity index is 1.00. The van der Waals surface area contributed by atoms with Crippen molar-refractivity contribution in [1.82, 2.24) is 19.9 Å². The maximum absolute atomic E-state index is 5.16. The largest absolute Gasteiger partial charge is 0.228 e. The van der Waals surface area contributed by atoms with E-state index in [1.807, 2.05) is 48.5 Å². The van der Waals surface area contributed by atoms with E-state index in [9.17, 15) is 0 Å². The Morgan fingerprint density at radius 2 is 0.435 bits per heavy atom. The molecule has 2 heterocycles. The van der Waals surface area contributed by atoms with Crippen molar-refractivity contribution in [3.05, 3.63) is 230 Å². The normalized spacial score (nSPS) is 11.1. The van der Waals surface area contributed by atoms with Gasteiger partial charge in [0.25, 0.3) is 0 Å². The number of benzene rings is 8. The summed E-state index contributed by atoms with van der Waals surface area (Å²) in [4.78, 5) is 20.5. The van der Waals surface area contributed by atoms with Crippen molar-refractivity contribution in [2.75, 3.05) is 0 Å². The third-order valence-electron chi connectivity index (χ3n) is 11.5. The second-order valence-corrected chi connectivity index (χ2v) is 15.4. The van der Waals surface area contributed by atoms with E-state index in [-0.39, 0.29) is 0 Å².